The molecule has 2 N–H and O–H groups in total. The van der Waals surface area contributed by atoms with Crippen LogP contribution in [0.3, 0.4) is 0 Å². The minimum atomic E-state index is -0.468. The van der Waals surface area contributed by atoms with Crippen LogP contribution in [0, 0.1) is 0 Å². The van der Waals surface area contributed by atoms with Crippen LogP contribution >= 0.6 is 0 Å². The number of aliphatic hydroxyl groups excluding tert-OH is 2. The van der Waals surface area contributed by atoms with Crippen LogP contribution in [0.5, 0.6) is 0 Å². The van der Waals surface area contributed by atoms with Crippen molar-refractivity contribution in [3.63, 3.8) is 0 Å². The zero-order valence-electron chi connectivity index (χ0n) is 5.45. The first-order valence-electron chi connectivity index (χ1n) is 3.20. The molecule has 0 aromatic heterocycles. The maximum Gasteiger partial charge on any atom is 0.110 e. The second-order valence-corrected chi connectivity index (χ2v) is 2.39. The van der Waals surface area contributed by atoms with Gasteiger partial charge in [0.2, 0.25) is 0 Å². The number of hydrogen-bond donors (Lipinski definition) is 2. The summed E-state index contributed by atoms with van der Waals surface area (Å²) in [6.07, 6.45) is 0.128. The summed E-state index contributed by atoms with van der Waals surface area (Å²) in [6, 6.07) is 0. The van der Waals surface area contributed by atoms with E-state index in [4.69, 9.17) is 14.9 Å². The van der Waals surface area contributed by atoms with Gasteiger partial charge in [0.05, 0.1) is 12.2 Å². The molecule has 1 heterocycles. The topological polar surface area (TPSA) is 53.0 Å². The van der Waals surface area contributed by atoms with E-state index >= 15 is 0 Å². The van der Waals surface area contributed by atoms with Crippen molar-refractivity contribution < 1.29 is 14.9 Å². The van der Waals surface area contributed by atoms with E-state index in [1.165, 1.54) is 0 Å². The van der Waals surface area contributed by atoms with E-state index in [1.807, 2.05) is 6.92 Å². The van der Waals surface area contributed by atoms with Gasteiger partial charge in [0, 0.05) is 6.61 Å². The number of ether oxygens (including phenoxy) is 1. The third-order valence-electron chi connectivity index (χ3n) is 1.56. The highest BCUT2D eigenvalue weighted by atomic mass is 16.6. The summed E-state index contributed by atoms with van der Waals surface area (Å²) in [4.78, 5) is 0. The molecule has 0 aliphatic carbocycles. The molecular formula is C6H12O3. The van der Waals surface area contributed by atoms with Crippen LogP contribution in [0.1, 0.15) is 13.3 Å². The zero-order chi connectivity index (χ0) is 6.85. The number of epoxide rings is 1. The van der Waals surface area contributed by atoms with E-state index in [2.05, 4.69) is 0 Å². The summed E-state index contributed by atoms with van der Waals surface area (Å²) < 4.78 is 4.97. The highest BCUT2D eigenvalue weighted by Gasteiger charge is 2.39. The molecule has 0 amide bonds. The van der Waals surface area contributed by atoms with Crippen molar-refractivity contribution in [1.29, 1.82) is 0 Å². The molecule has 1 aliphatic rings. The molecule has 0 radical (unpaired) electrons. The Kier molecular flexibility index (Phi) is 2.05. The fraction of sp³-hybridized carbons (Fsp3) is 1.00. The molecule has 1 fully saturated rings. The predicted octanol–water partition coefficient (Wildman–Crippen LogP) is -0.483. The first-order chi connectivity index (χ1) is 4.25. The molecular weight excluding hydrogens is 120 g/mol. The van der Waals surface area contributed by atoms with Crippen molar-refractivity contribution in [3.05, 3.63) is 0 Å². The van der Waals surface area contributed by atoms with E-state index in [1.54, 1.807) is 0 Å². The molecule has 0 spiro atoms. The average Bonchev–Trinajstić information content (AvgIpc) is 2.47. The minimum Gasteiger partial charge on any atom is -0.396 e. The van der Waals surface area contributed by atoms with Gasteiger partial charge in [-0.05, 0) is 13.3 Å². The van der Waals surface area contributed by atoms with Crippen molar-refractivity contribution in [2.24, 2.45) is 0 Å². The van der Waals surface area contributed by atoms with Gasteiger partial charge >= 0.3 is 0 Å². The van der Waals surface area contributed by atoms with Crippen LogP contribution in [0.4, 0.5) is 0 Å². The molecule has 54 valence electrons. The van der Waals surface area contributed by atoms with Gasteiger partial charge in [0.15, 0.2) is 0 Å². The summed E-state index contributed by atoms with van der Waals surface area (Å²) in [5, 5.41) is 17.5. The highest BCUT2D eigenvalue weighted by molar-refractivity contribution is 4.86. The van der Waals surface area contributed by atoms with Crippen LogP contribution in [0.25, 0.3) is 0 Å². The Morgan fingerprint density at radius 3 is 2.56 bits per heavy atom. The van der Waals surface area contributed by atoms with Gasteiger partial charge < -0.3 is 14.9 Å². The monoisotopic (exact) mass is 132 g/mol. The van der Waals surface area contributed by atoms with Gasteiger partial charge in [-0.1, -0.05) is 0 Å². The van der Waals surface area contributed by atoms with E-state index in [0.29, 0.717) is 6.42 Å². The third kappa shape index (κ3) is 1.64. The van der Waals surface area contributed by atoms with Gasteiger partial charge in [0.25, 0.3) is 0 Å². The third-order valence-corrected chi connectivity index (χ3v) is 1.56. The van der Waals surface area contributed by atoms with Crippen LogP contribution in [0.15, 0.2) is 0 Å². The lowest BCUT2D eigenvalue weighted by Gasteiger charge is -2.02. The second kappa shape index (κ2) is 2.64. The molecule has 1 rings (SSSR count). The van der Waals surface area contributed by atoms with E-state index in [0.717, 1.165) is 0 Å². The molecule has 0 bridgehead atoms. The summed E-state index contributed by atoms with van der Waals surface area (Å²) in [7, 11) is 0. The lowest BCUT2D eigenvalue weighted by molar-refractivity contribution is 0.103. The van der Waals surface area contributed by atoms with Gasteiger partial charge in [0.1, 0.15) is 6.10 Å². The van der Waals surface area contributed by atoms with Crippen LogP contribution < -0.4 is 0 Å². The van der Waals surface area contributed by atoms with Crippen LogP contribution in [-0.4, -0.2) is 35.1 Å². The molecule has 0 aromatic rings. The van der Waals surface area contributed by atoms with E-state index < -0.39 is 6.10 Å². The largest absolute Gasteiger partial charge is 0.396 e. The smallest absolute Gasteiger partial charge is 0.110 e. The Balaban J connectivity index is 2.11. The van der Waals surface area contributed by atoms with Gasteiger partial charge in [-0.25, -0.2) is 0 Å². The summed E-state index contributed by atoms with van der Waals surface area (Å²) in [5.41, 5.74) is 0. The standard InChI is InChI=1S/C6H12O3/c1-4-6(9-4)5(8)2-3-7/h4-8H,2-3H2,1H3. The quantitative estimate of drug-likeness (QED) is 0.510. The van der Waals surface area contributed by atoms with Crippen molar-refractivity contribution in [3.8, 4) is 0 Å². The van der Waals surface area contributed by atoms with Crippen molar-refractivity contribution in [1.82, 2.24) is 0 Å². The Hall–Kier alpha value is -0.120. The number of aliphatic hydroxyl groups is 2. The summed E-state index contributed by atoms with van der Waals surface area (Å²) >= 11 is 0. The normalized spacial score (nSPS) is 36.3. The second-order valence-electron chi connectivity index (χ2n) is 2.39. The number of hydrogen-bond acceptors (Lipinski definition) is 3. The highest BCUT2D eigenvalue weighted by Crippen LogP contribution is 2.25. The first kappa shape index (κ1) is 6.99. The molecule has 3 heteroatoms. The Morgan fingerprint density at radius 2 is 2.22 bits per heavy atom. The fourth-order valence-electron chi connectivity index (χ4n) is 0.903. The summed E-state index contributed by atoms with van der Waals surface area (Å²) in [5.74, 6) is 0. The van der Waals surface area contributed by atoms with Gasteiger partial charge in [-0.3, -0.25) is 0 Å². The molecule has 1 aliphatic heterocycles. The molecule has 3 atom stereocenters. The van der Waals surface area contributed by atoms with Crippen molar-refractivity contribution in [2.45, 2.75) is 31.7 Å². The fourth-order valence-corrected chi connectivity index (χ4v) is 0.903. The maximum atomic E-state index is 9.07. The van der Waals surface area contributed by atoms with E-state index in [9.17, 15) is 0 Å². The molecule has 0 saturated carbocycles. The molecule has 1 saturated heterocycles. The average molecular weight is 132 g/mol. The summed E-state index contributed by atoms with van der Waals surface area (Å²) in [6.45, 7) is 1.94. The van der Waals surface area contributed by atoms with Gasteiger partial charge in [-0.15, -0.1) is 0 Å². The molecule has 0 aromatic carbocycles. The van der Waals surface area contributed by atoms with Crippen molar-refractivity contribution in [2.75, 3.05) is 6.61 Å². The molecule has 3 unspecified atom stereocenters. The van der Waals surface area contributed by atoms with E-state index in [-0.39, 0.29) is 18.8 Å². The first-order valence-corrected chi connectivity index (χ1v) is 3.20. The Labute approximate surface area is 54.3 Å². The van der Waals surface area contributed by atoms with Crippen LogP contribution in [0.2, 0.25) is 0 Å². The minimum absolute atomic E-state index is 0.0165. The zero-order valence-corrected chi connectivity index (χ0v) is 5.45. The SMILES string of the molecule is CC1OC1C(O)CCO. The lowest BCUT2D eigenvalue weighted by Crippen LogP contribution is -2.17. The molecule has 3 nitrogen and oxygen atoms in total. The van der Waals surface area contributed by atoms with Crippen molar-refractivity contribution >= 4 is 0 Å². The maximum absolute atomic E-state index is 9.07. The molecule has 9 heavy (non-hydrogen) atoms. The van der Waals surface area contributed by atoms with Crippen LogP contribution in [-0.2, 0) is 4.74 Å². The lowest BCUT2D eigenvalue weighted by atomic mass is 10.1. The Morgan fingerprint density at radius 1 is 1.67 bits per heavy atom. The Bertz CT molecular complexity index is 94.3. The van der Waals surface area contributed by atoms with Gasteiger partial charge in [-0.2, -0.15) is 0 Å². The number of rotatable bonds is 3. The predicted molar refractivity (Wildman–Crippen MR) is 32.0 cm³/mol.